The summed E-state index contributed by atoms with van der Waals surface area (Å²) in [6, 6.07) is 6.32. The lowest BCUT2D eigenvalue weighted by Crippen LogP contribution is -2.11. The van der Waals surface area contributed by atoms with Crippen LogP contribution in [0.1, 0.15) is 56.6 Å². The van der Waals surface area contributed by atoms with Gasteiger partial charge in [0.2, 0.25) is 0 Å². The number of aliphatic hydroxyl groups is 1. The molecule has 2 heteroatoms. The van der Waals surface area contributed by atoms with Crippen molar-refractivity contribution in [3.63, 3.8) is 0 Å². The molecule has 1 atom stereocenters. The Labute approximate surface area is 114 Å². The molecule has 1 unspecified atom stereocenters. The van der Waals surface area contributed by atoms with Gasteiger partial charge in [-0.15, -0.1) is 0 Å². The first-order chi connectivity index (χ1) is 8.88. The van der Waals surface area contributed by atoms with E-state index in [0.29, 0.717) is 5.92 Å². The average molecular weight is 258 g/mol. The molecule has 0 amide bonds. The van der Waals surface area contributed by atoms with Gasteiger partial charge in [0, 0.05) is 10.9 Å². The molecule has 0 saturated heterocycles. The van der Waals surface area contributed by atoms with E-state index in [1.165, 1.54) is 11.1 Å². The zero-order valence-corrected chi connectivity index (χ0v) is 12.2. The van der Waals surface area contributed by atoms with Crippen molar-refractivity contribution >= 4 is 11.0 Å². The van der Waals surface area contributed by atoms with E-state index in [4.69, 9.17) is 4.42 Å². The van der Waals surface area contributed by atoms with Crippen molar-refractivity contribution in [1.82, 2.24) is 0 Å². The third-order valence-electron chi connectivity index (χ3n) is 4.09. The fourth-order valence-corrected chi connectivity index (χ4v) is 2.66. The highest BCUT2D eigenvalue weighted by Gasteiger charge is 2.33. The summed E-state index contributed by atoms with van der Waals surface area (Å²) in [7, 11) is 0. The maximum Gasteiger partial charge on any atom is 0.138 e. The first-order valence-corrected chi connectivity index (χ1v) is 7.09. The second kappa shape index (κ2) is 4.11. The van der Waals surface area contributed by atoms with E-state index in [9.17, 15) is 5.11 Å². The van der Waals surface area contributed by atoms with Crippen LogP contribution < -0.4 is 0 Å². The lowest BCUT2D eigenvalue weighted by molar-refractivity contribution is 0.129. The van der Waals surface area contributed by atoms with Crippen LogP contribution in [0.3, 0.4) is 0 Å². The van der Waals surface area contributed by atoms with Crippen molar-refractivity contribution < 1.29 is 9.52 Å². The highest BCUT2D eigenvalue weighted by molar-refractivity contribution is 5.85. The van der Waals surface area contributed by atoms with Crippen LogP contribution in [-0.4, -0.2) is 5.11 Å². The monoisotopic (exact) mass is 258 g/mol. The molecular formula is C17H22O2. The van der Waals surface area contributed by atoms with Gasteiger partial charge in [-0.3, -0.25) is 0 Å². The first kappa shape index (κ1) is 12.7. The molecule has 0 aliphatic heterocycles. The van der Waals surface area contributed by atoms with Crippen LogP contribution in [0.2, 0.25) is 0 Å². The van der Waals surface area contributed by atoms with Gasteiger partial charge in [0.15, 0.2) is 0 Å². The molecule has 1 fully saturated rings. The second-order valence-electron chi connectivity index (χ2n) is 6.85. The standard InChI is InChI=1S/C17H22O2/c1-10-5-8-13(17(2,3)4)16-12(10)9-14(19-16)15(18)11-6-7-11/h5,8-9,11,15,18H,6-7H2,1-4H3. The number of rotatable bonds is 2. The molecule has 1 N–H and O–H groups in total. The largest absolute Gasteiger partial charge is 0.458 e. The summed E-state index contributed by atoms with van der Waals surface area (Å²) in [5.41, 5.74) is 3.41. The third-order valence-corrected chi connectivity index (χ3v) is 4.09. The molecule has 1 aliphatic carbocycles. The SMILES string of the molecule is Cc1ccc(C(C)(C)C)c2oc(C(O)C3CC3)cc12. The van der Waals surface area contributed by atoms with Gasteiger partial charge in [0.25, 0.3) is 0 Å². The maximum atomic E-state index is 10.3. The second-order valence-corrected chi connectivity index (χ2v) is 6.85. The molecule has 19 heavy (non-hydrogen) atoms. The lowest BCUT2D eigenvalue weighted by atomic mass is 9.85. The highest BCUT2D eigenvalue weighted by atomic mass is 16.4. The number of aryl methyl sites for hydroxylation is 1. The highest BCUT2D eigenvalue weighted by Crippen LogP contribution is 2.43. The zero-order chi connectivity index (χ0) is 13.8. The number of aliphatic hydroxyl groups excluding tert-OH is 1. The molecule has 3 rings (SSSR count). The van der Waals surface area contributed by atoms with Gasteiger partial charge in [0.1, 0.15) is 17.4 Å². The minimum absolute atomic E-state index is 0.0472. The van der Waals surface area contributed by atoms with Crippen molar-refractivity contribution in [2.75, 3.05) is 0 Å². The predicted molar refractivity (Wildman–Crippen MR) is 77.3 cm³/mol. The number of hydrogen-bond acceptors (Lipinski definition) is 2. The summed E-state index contributed by atoms with van der Waals surface area (Å²) in [5, 5.41) is 11.4. The van der Waals surface area contributed by atoms with Crippen LogP contribution in [0.25, 0.3) is 11.0 Å². The van der Waals surface area contributed by atoms with Gasteiger partial charge < -0.3 is 9.52 Å². The molecular weight excluding hydrogens is 236 g/mol. The smallest absolute Gasteiger partial charge is 0.138 e. The van der Waals surface area contributed by atoms with Gasteiger partial charge in [-0.2, -0.15) is 0 Å². The third kappa shape index (κ3) is 2.18. The molecule has 0 spiro atoms. The van der Waals surface area contributed by atoms with Gasteiger partial charge in [-0.05, 0) is 42.7 Å². The molecule has 1 saturated carbocycles. The van der Waals surface area contributed by atoms with Gasteiger partial charge in [0.05, 0.1) is 0 Å². The van der Waals surface area contributed by atoms with E-state index < -0.39 is 6.10 Å². The van der Waals surface area contributed by atoms with Crippen molar-refractivity contribution in [3.05, 3.63) is 35.1 Å². The Hall–Kier alpha value is -1.28. The molecule has 1 aromatic heterocycles. The normalized spacial score (nSPS) is 17.9. The van der Waals surface area contributed by atoms with Crippen LogP contribution in [-0.2, 0) is 5.41 Å². The van der Waals surface area contributed by atoms with Crippen LogP contribution >= 0.6 is 0 Å². The molecule has 102 valence electrons. The predicted octanol–water partition coefficient (Wildman–Crippen LogP) is 4.48. The summed E-state index contributed by atoms with van der Waals surface area (Å²) in [5.74, 6) is 1.14. The number of furan rings is 1. The van der Waals surface area contributed by atoms with Crippen molar-refractivity contribution in [3.8, 4) is 0 Å². The number of benzene rings is 1. The summed E-state index contributed by atoms with van der Waals surface area (Å²) in [6.45, 7) is 8.67. The maximum absolute atomic E-state index is 10.3. The molecule has 0 radical (unpaired) electrons. The number of fused-ring (bicyclic) bond motifs is 1. The van der Waals surface area contributed by atoms with Crippen LogP contribution in [0, 0.1) is 12.8 Å². The molecule has 1 aliphatic rings. The fourth-order valence-electron chi connectivity index (χ4n) is 2.66. The average Bonchev–Trinajstić information content (AvgIpc) is 3.06. The van der Waals surface area contributed by atoms with E-state index in [0.717, 1.165) is 29.6 Å². The minimum Gasteiger partial charge on any atom is -0.458 e. The molecule has 1 heterocycles. The molecule has 2 nitrogen and oxygen atoms in total. The lowest BCUT2D eigenvalue weighted by Gasteiger charge is -2.19. The van der Waals surface area contributed by atoms with E-state index in [-0.39, 0.29) is 5.41 Å². The van der Waals surface area contributed by atoms with Crippen LogP contribution in [0.5, 0.6) is 0 Å². The van der Waals surface area contributed by atoms with Crippen LogP contribution in [0.15, 0.2) is 22.6 Å². The molecule has 2 aromatic rings. The molecule has 1 aromatic carbocycles. The fraction of sp³-hybridized carbons (Fsp3) is 0.529. The Balaban J connectivity index is 2.17. The molecule has 0 bridgehead atoms. The van der Waals surface area contributed by atoms with E-state index >= 15 is 0 Å². The Kier molecular flexibility index (Phi) is 2.75. The van der Waals surface area contributed by atoms with Crippen molar-refractivity contribution in [1.29, 1.82) is 0 Å². The Morgan fingerprint density at radius 3 is 2.53 bits per heavy atom. The van der Waals surface area contributed by atoms with Gasteiger partial charge in [-0.25, -0.2) is 0 Å². The van der Waals surface area contributed by atoms with Gasteiger partial charge >= 0.3 is 0 Å². The Morgan fingerprint density at radius 1 is 1.26 bits per heavy atom. The summed E-state index contributed by atoms with van der Waals surface area (Å²) >= 11 is 0. The summed E-state index contributed by atoms with van der Waals surface area (Å²) in [6.07, 6.45) is 1.80. The van der Waals surface area contributed by atoms with Crippen molar-refractivity contribution in [2.45, 2.75) is 52.1 Å². The quantitative estimate of drug-likeness (QED) is 0.861. The zero-order valence-electron chi connectivity index (χ0n) is 12.2. The Bertz CT molecular complexity index is 612. The van der Waals surface area contributed by atoms with E-state index in [1.807, 2.05) is 6.07 Å². The first-order valence-electron chi connectivity index (χ1n) is 7.09. The Morgan fingerprint density at radius 2 is 1.95 bits per heavy atom. The van der Waals surface area contributed by atoms with E-state index in [1.54, 1.807) is 0 Å². The van der Waals surface area contributed by atoms with E-state index in [2.05, 4.69) is 39.8 Å². The van der Waals surface area contributed by atoms with Gasteiger partial charge in [-0.1, -0.05) is 32.9 Å². The minimum atomic E-state index is -0.431. The summed E-state index contributed by atoms with van der Waals surface area (Å²) < 4.78 is 6.02. The van der Waals surface area contributed by atoms with Crippen LogP contribution in [0.4, 0.5) is 0 Å². The van der Waals surface area contributed by atoms with Crippen molar-refractivity contribution in [2.24, 2.45) is 5.92 Å². The summed E-state index contributed by atoms with van der Waals surface area (Å²) in [4.78, 5) is 0. The number of hydrogen-bond donors (Lipinski definition) is 1. The topological polar surface area (TPSA) is 33.4 Å².